The van der Waals surface area contributed by atoms with Crippen molar-refractivity contribution in [2.45, 2.75) is 69.5 Å². The van der Waals surface area contributed by atoms with Crippen molar-refractivity contribution in [2.75, 3.05) is 20.3 Å². The maximum atomic E-state index is 12.8. The van der Waals surface area contributed by atoms with Gasteiger partial charge >= 0.3 is 11.9 Å². The van der Waals surface area contributed by atoms with E-state index in [4.69, 9.17) is 18.9 Å². The molecule has 1 aromatic carbocycles. The minimum Gasteiger partial charge on any atom is -0.469 e. The molecule has 186 valence electrons. The molecule has 0 bridgehead atoms. The van der Waals surface area contributed by atoms with E-state index >= 15 is 0 Å². The highest BCUT2D eigenvalue weighted by Gasteiger charge is 2.42. The molecule has 0 radical (unpaired) electrons. The number of hydrogen-bond donors (Lipinski definition) is 0. The van der Waals surface area contributed by atoms with Gasteiger partial charge in [0.2, 0.25) is 0 Å². The molecule has 2 aliphatic rings. The molecule has 0 aliphatic carbocycles. The number of benzene rings is 1. The molecule has 0 amide bonds. The number of nitro groups is 1. The summed E-state index contributed by atoms with van der Waals surface area (Å²) in [5, 5.41) is 10.9. The van der Waals surface area contributed by atoms with E-state index in [2.05, 4.69) is 4.74 Å². The zero-order chi connectivity index (χ0) is 24.3. The molecule has 0 N–H and O–H groups in total. The van der Waals surface area contributed by atoms with Gasteiger partial charge in [0.15, 0.2) is 12.4 Å². The summed E-state index contributed by atoms with van der Waals surface area (Å²) < 4.78 is 28.1. The highest BCUT2D eigenvalue weighted by molar-refractivity contribution is 5.89. The van der Waals surface area contributed by atoms with E-state index < -0.39 is 29.2 Å². The average molecular weight is 478 g/mol. The lowest BCUT2D eigenvalue weighted by Crippen LogP contribution is -2.40. The summed E-state index contributed by atoms with van der Waals surface area (Å²) in [6.45, 7) is 0.891. The van der Waals surface area contributed by atoms with Crippen LogP contribution in [0.15, 0.2) is 36.4 Å². The van der Waals surface area contributed by atoms with Crippen molar-refractivity contribution in [1.82, 2.24) is 0 Å². The number of carbonyl (C=O) groups is 2. The second-order valence-electron chi connectivity index (χ2n) is 8.19. The largest absolute Gasteiger partial charge is 0.469 e. The Balaban J connectivity index is 1.61. The highest BCUT2D eigenvalue weighted by Crippen LogP contribution is 2.28. The summed E-state index contributed by atoms with van der Waals surface area (Å²) in [7, 11) is 1.37. The van der Waals surface area contributed by atoms with Crippen molar-refractivity contribution in [3.8, 4) is 0 Å². The Bertz CT molecular complexity index is 849. The van der Waals surface area contributed by atoms with E-state index in [1.165, 1.54) is 31.4 Å². The van der Waals surface area contributed by atoms with Crippen molar-refractivity contribution < 1.29 is 38.2 Å². The Hall–Kier alpha value is -2.82. The summed E-state index contributed by atoms with van der Waals surface area (Å²) in [5.41, 5.74) is 0.105. The number of esters is 2. The molecule has 0 aromatic heterocycles. The lowest BCUT2D eigenvalue weighted by Gasteiger charge is -2.28. The number of carbonyl (C=O) groups excluding carboxylic acids is 2. The fraction of sp³-hybridized carbons (Fsp3) is 0.583. The van der Waals surface area contributed by atoms with Gasteiger partial charge < -0.3 is 23.7 Å². The third kappa shape index (κ3) is 7.61. The van der Waals surface area contributed by atoms with Gasteiger partial charge in [-0.2, -0.15) is 0 Å². The van der Waals surface area contributed by atoms with E-state index in [0.717, 1.165) is 19.3 Å². The lowest BCUT2D eigenvalue weighted by atomic mass is 10.1. The molecule has 1 aromatic rings. The quantitative estimate of drug-likeness (QED) is 0.154. The number of non-ortho nitro benzene ring substituents is 1. The van der Waals surface area contributed by atoms with Gasteiger partial charge in [-0.15, -0.1) is 0 Å². The number of nitrogens with zero attached hydrogens (tertiary/aromatic N) is 1. The number of nitro benzene ring substituents is 1. The summed E-state index contributed by atoms with van der Waals surface area (Å²) in [6.07, 6.45) is 6.99. The first-order valence-electron chi connectivity index (χ1n) is 11.5. The lowest BCUT2D eigenvalue weighted by molar-refractivity contribution is -0.384. The predicted molar refractivity (Wildman–Crippen MR) is 120 cm³/mol. The van der Waals surface area contributed by atoms with E-state index in [9.17, 15) is 19.7 Å². The van der Waals surface area contributed by atoms with Crippen LogP contribution in [-0.2, 0) is 28.5 Å². The molecule has 0 spiro atoms. The monoisotopic (exact) mass is 477 g/mol. The highest BCUT2D eigenvalue weighted by atomic mass is 16.7. The number of methoxy groups -OCH3 is 1. The Kier molecular flexibility index (Phi) is 9.99. The Morgan fingerprint density at radius 3 is 2.65 bits per heavy atom. The number of ether oxygens (including phenoxy) is 5. The Morgan fingerprint density at radius 2 is 1.97 bits per heavy atom. The minimum absolute atomic E-state index is 0.105. The van der Waals surface area contributed by atoms with Crippen molar-refractivity contribution in [1.29, 1.82) is 0 Å². The topological polar surface area (TPSA) is 123 Å². The molecular formula is C24H31NO9. The van der Waals surface area contributed by atoms with Gasteiger partial charge in [0, 0.05) is 25.2 Å². The first kappa shape index (κ1) is 25.8. The molecule has 0 saturated carbocycles. The normalized spacial score (nSPS) is 24.7. The van der Waals surface area contributed by atoms with Crippen molar-refractivity contribution in [3.05, 3.63) is 52.1 Å². The van der Waals surface area contributed by atoms with Gasteiger partial charge in [0.25, 0.3) is 5.69 Å². The Morgan fingerprint density at radius 1 is 1.18 bits per heavy atom. The van der Waals surface area contributed by atoms with Crippen LogP contribution in [0.4, 0.5) is 5.69 Å². The van der Waals surface area contributed by atoms with Crippen LogP contribution >= 0.6 is 0 Å². The van der Waals surface area contributed by atoms with Crippen LogP contribution in [0, 0.1) is 10.1 Å². The number of rotatable bonds is 11. The number of unbranched alkanes of at least 4 members (excludes halogenated alkanes) is 1. The van der Waals surface area contributed by atoms with Crippen molar-refractivity contribution >= 4 is 17.6 Å². The molecule has 2 heterocycles. The third-order valence-electron chi connectivity index (χ3n) is 5.74. The van der Waals surface area contributed by atoms with Gasteiger partial charge in [-0.05, 0) is 50.7 Å². The van der Waals surface area contributed by atoms with Gasteiger partial charge in [-0.3, -0.25) is 14.9 Å². The van der Waals surface area contributed by atoms with E-state index in [1.807, 2.05) is 12.2 Å². The molecule has 3 rings (SSSR count). The van der Waals surface area contributed by atoms with Crippen LogP contribution in [0.1, 0.15) is 55.3 Å². The molecule has 10 heteroatoms. The van der Waals surface area contributed by atoms with Crippen LogP contribution < -0.4 is 0 Å². The van der Waals surface area contributed by atoms with E-state index in [-0.39, 0.29) is 30.1 Å². The van der Waals surface area contributed by atoms with E-state index in [0.29, 0.717) is 32.3 Å². The van der Waals surface area contributed by atoms with Gasteiger partial charge in [0.05, 0.1) is 24.2 Å². The summed E-state index contributed by atoms with van der Waals surface area (Å²) >= 11 is 0. The standard InChI is InChI=1S/C24H31NO9/c1-30-21(26)9-5-3-2-4-8-19-23(20(16-32-19)33-22-10-6-7-15-31-22)34-24(27)17-11-13-18(14-12-17)25(28)29/h2,4,11-14,19-20,22-23H,3,5-10,15-16H2,1H3/t19-,20-,22?,23-/m1/s1. The predicted octanol–water partition coefficient (Wildman–Crippen LogP) is 3.72. The van der Waals surface area contributed by atoms with Crippen LogP contribution in [0.3, 0.4) is 0 Å². The SMILES string of the molecule is COC(=O)CCCC=CC[C@H]1OC[C@@H](OC2CCCCO2)[C@@H]1OC(=O)c1ccc([N+](=O)[O-])cc1. The zero-order valence-corrected chi connectivity index (χ0v) is 19.3. The first-order chi connectivity index (χ1) is 16.5. The summed E-state index contributed by atoms with van der Waals surface area (Å²) in [4.78, 5) is 34.3. The fourth-order valence-electron chi connectivity index (χ4n) is 3.86. The summed E-state index contributed by atoms with van der Waals surface area (Å²) in [6, 6.07) is 5.26. The van der Waals surface area contributed by atoms with Crippen LogP contribution in [0.2, 0.25) is 0 Å². The van der Waals surface area contributed by atoms with Crippen molar-refractivity contribution in [3.63, 3.8) is 0 Å². The molecule has 10 nitrogen and oxygen atoms in total. The minimum atomic E-state index is -0.659. The van der Waals surface area contributed by atoms with Crippen LogP contribution in [0.5, 0.6) is 0 Å². The molecule has 1 unspecified atom stereocenters. The third-order valence-corrected chi connectivity index (χ3v) is 5.74. The van der Waals surface area contributed by atoms with E-state index in [1.54, 1.807) is 0 Å². The molecular weight excluding hydrogens is 446 g/mol. The molecule has 2 fully saturated rings. The maximum Gasteiger partial charge on any atom is 0.338 e. The van der Waals surface area contributed by atoms with Crippen molar-refractivity contribution in [2.24, 2.45) is 0 Å². The van der Waals surface area contributed by atoms with Gasteiger partial charge in [0.1, 0.15) is 12.2 Å². The molecule has 2 saturated heterocycles. The zero-order valence-electron chi connectivity index (χ0n) is 19.3. The average Bonchev–Trinajstić information content (AvgIpc) is 3.22. The first-order valence-corrected chi connectivity index (χ1v) is 11.5. The molecule has 4 atom stereocenters. The van der Waals surface area contributed by atoms with Crippen LogP contribution in [0.25, 0.3) is 0 Å². The maximum absolute atomic E-state index is 12.8. The van der Waals surface area contributed by atoms with Crippen LogP contribution in [-0.4, -0.2) is 61.8 Å². The fourth-order valence-corrected chi connectivity index (χ4v) is 3.86. The second kappa shape index (κ2) is 13.2. The summed E-state index contributed by atoms with van der Waals surface area (Å²) in [5.74, 6) is -0.841. The second-order valence-corrected chi connectivity index (χ2v) is 8.19. The molecule has 34 heavy (non-hydrogen) atoms. The molecule has 2 aliphatic heterocycles. The Labute approximate surface area is 198 Å². The number of hydrogen-bond acceptors (Lipinski definition) is 9. The van der Waals surface area contributed by atoms with Gasteiger partial charge in [-0.1, -0.05) is 12.2 Å². The number of allylic oxidation sites excluding steroid dienone is 1. The van der Waals surface area contributed by atoms with Gasteiger partial charge in [-0.25, -0.2) is 4.79 Å². The smallest absolute Gasteiger partial charge is 0.338 e.